The number of benzene rings is 1. The van der Waals surface area contributed by atoms with Crippen molar-refractivity contribution in [2.24, 2.45) is 0 Å². The van der Waals surface area contributed by atoms with Crippen LogP contribution in [0.5, 0.6) is 0 Å². The van der Waals surface area contributed by atoms with Crippen LogP contribution in [0.15, 0.2) is 47.6 Å². The normalized spacial score (nSPS) is 19.6. The molecule has 0 spiro atoms. The molecule has 20 heavy (non-hydrogen) atoms. The fraction of sp³-hybridized carbons (Fsp3) is 0.333. The summed E-state index contributed by atoms with van der Waals surface area (Å²) < 4.78 is 0. The van der Waals surface area contributed by atoms with Crippen molar-refractivity contribution in [1.29, 1.82) is 0 Å². The van der Waals surface area contributed by atoms with Crippen molar-refractivity contribution in [3.8, 4) is 0 Å². The predicted molar refractivity (Wildman–Crippen MR) is 78.5 cm³/mol. The van der Waals surface area contributed by atoms with Crippen LogP contribution in [0, 0.1) is 0 Å². The number of hydrogen-bond acceptors (Lipinski definition) is 2. The summed E-state index contributed by atoms with van der Waals surface area (Å²) in [5.41, 5.74) is 4.05. The van der Waals surface area contributed by atoms with E-state index in [1.807, 2.05) is 0 Å². The van der Waals surface area contributed by atoms with Gasteiger partial charge in [0.15, 0.2) is 11.6 Å². The van der Waals surface area contributed by atoms with Gasteiger partial charge in [-0.1, -0.05) is 24.3 Å². The highest BCUT2D eigenvalue weighted by Gasteiger charge is 2.21. The second-order valence-electron chi connectivity index (χ2n) is 5.60. The zero-order valence-corrected chi connectivity index (χ0v) is 11.5. The first-order valence-electron chi connectivity index (χ1n) is 7.30. The lowest BCUT2D eigenvalue weighted by Crippen LogP contribution is -2.15. The van der Waals surface area contributed by atoms with Crippen molar-refractivity contribution in [3.05, 3.63) is 58.7 Å². The number of ketones is 2. The third-order valence-corrected chi connectivity index (χ3v) is 4.03. The standard InChI is InChI=1S/C18H18O2/c19-17-11-15-8-2-6-13-4-1-5-14(10-13)7-3-9-16(12-17)18(15)20/h1,4-5,10-12H,2-3,6-9H2. The van der Waals surface area contributed by atoms with Gasteiger partial charge in [-0.15, -0.1) is 0 Å². The van der Waals surface area contributed by atoms with Gasteiger partial charge in [0.25, 0.3) is 0 Å². The zero-order chi connectivity index (χ0) is 13.9. The molecule has 4 bridgehead atoms. The van der Waals surface area contributed by atoms with E-state index in [4.69, 9.17) is 0 Å². The summed E-state index contributed by atoms with van der Waals surface area (Å²) in [6.45, 7) is 0. The first-order chi connectivity index (χ1) is 9.72. The van der Waals surface area contributed by atoms with Crippen molar-refractivity contribution < 1.29 is 9.59 Å². The Morgan fingerprint density at radius 3 is 1.85 bits per heavy atom. The first-order valence-corrected chi connectivity index (χ1v) is 7.30. The van der Waals surface area contributed by atoms with Crippen LogP contribution in [0.2, 0.25) is 0 Å². The molecule has 0 aromatic heterocycles. The van der Waals surface area contributed by atoms with E-state index in [9.17, 15) is 9.59 Å². The smallest absolute Gasteiger partial charge is 0.185 e. The van der Waals surface area contributed by atoms with E-state index in [2.05, 4.69) is 24.3 Å². The lowest BCUT2D eigenvalue weighted by Gasteiger charge is -2.15. The Morgan fingerprint density at radius 2 is 1.30 bits per heavy atom. The van der Waals surface area contributed by atoms with Gasteiger partial charge in [0.05, 0.1) is 0 Å². The first kappa shape index (κ1) is 13.0. The van der Waals surface area contributed by atoms with E-state index in [0.717, 1.165) is 25.7 Å². The molecule has 0 N–H and O–H groups in total. The summed E-state index contributed by atoms with van der Waals surface area (Å²) in [6.07, 6.45) is 8.21. The molecule has 102 valence electrons. The fourth-order valence-electron chi connectivity index (χ4n) is 3.00. The van der Waals surface area contributed by atoms with Gasteiger partial charge in [-0.3, -0.25) is 9.59 Å². The van der Waals surface area contributed by atoms with Gasteiger partial charge in [-0.25, -0.2) is 0 Å². The average molecular weight is 266 g/mol. The lowest BCUT2D eigenvalue weighted by molar-refractivity contribution is -0.115. The Balaban J connectivity index is 1.88. The second-order valence-corrected chi connectivity index (χ2v) is 5.60. The number of Topliss-reactive ketones (excluding diaryl/α,β-unsaturated/α-hetero) is 1. The topological polar surface area (TPSA) is 34.1 Å². The number of hydrogen-bond donors (Lipinski definition) is 0. The number of aryl methyl sites for hydroxylation is 2. The van der Waals surface area contributed by atoms with Crippen LogP contribution in [0.4, 0.5) is 0 Å². The van der Waals surface area contributed by atoms with Crippen LogP contribution in [0.25, 0.3) is 0 Å². The highest BCUT2D eigenvalue weighted by atomic mass is 16.1. The minimum Gasteiger partial charge on any atom is -0.290 e. The van der Waals surface area contributed by atoms with E-state index < -0.39 is 0 Å². The molecule has 0 amide bonds. The number of allylic oxidation sites excluding steroid dienone is 4. The largest absolute Gasteiger partial charge is 0.290 e. The molecule has 1 aromatic carbocycles. The molecule has 2 aliphatic rings. The van der Waals surface area contributed by atoms with E-state index in [-0.39, 0.29) is 11.6 Å². The molecular formula is C18H18O2. The molecule has 0 atom stereocenters. The van der Waals surface area contributed by atoms with Gasteiger partial charge in [-0.05, 0) is 61.8 Å². The maximum atomic E-state index is 12.3. The molecule has 2 nitrogen and oxygen atoms in total. The molecule has 0 unspecified atom stereocenters. The molecular weight excluding hydrogens is 248 g/mol. The van der Waals surface area contributed by atoms with Gasteiger partial charge in [-0.2, -0.15) is 0 Å². The van der Waals surface area contributed by atoms with Crippen LogP contribution in [0.3, 0.4) is 0 Å². The second kappa shape index (κ2) is 5.58. The van der Waals surface area contributed by atoms with Gasteiger partial charge in [0.1, 0.15) is 0 Å². The number of carbonyl (C=O) groups excluding carboxylic acids is 2. The molecule has 0 aliphatic heterocycles. The summed E-state index contributed by atoms with van der Waals surface area (Å²) >= 11 is 0. The Labute approximate surface area is 119 Å². The van der Waals surface area contributed by atoms with Gasteiger partial charge >= 0.3 is 0 Å². The average Bonchev–Trinajstić information content (AvgIpc) is 2.43. The Morgan fingerprint density at radius 1 is 0.750 bits per heavy atom. The minimum absolute atomic E-state index is 0.0230. The van der Waals surface area contributed by atoms with Crippen molar-refractivity contribution >= 4 is 11.6 Å². The molecule has 0 heterocycles. The van der Waals surface area contributed by atoms with Crippen LogP contribution >= 0.6 is 0 Å². The highest BCUT2D eigenvalue weighted by molar-refractivity contribution is 6.20. The van der Waals surface area contributed by atoms with Crippen LogP contribution in [0.1, 0.15) is 36.8 Å². The SMILES string of the molecule is O=C1C=C2CCCc3cccc(c3)CCCC(=C1)C2=O. The third kappa shape index (κ3) is 2.79. The summed E-state index contributed by atoms with van der Waals surface area (Å²) in [4.78, 5) is 24.0. The summed E-state index contributed by atoms with van der Waals surface area (Å²) in [6, 6.07) is 8.67. The van der Waals surface area contributed by atoms with Crippen LogP contribution in [-0.2, 0) is 22.4 Å². The van der Waals surface area contributed by atoms with E-state index in [0.29, 0.717) is 24.0 Å². The predicted octanol–water partition coefficient (Wildman–Crippen LogP) is 3.35. The summed E-state index contributed by atoms with van der Waals surface area (Å²) in [7, 11) is 0. The van der Waals surface area contributed by atoms with Gasteiger partial charge in [0.2, 0.25) is 0 Å². The number of rotatable bonds is 0. The van der Waals surface area contributed by atoms with E-state index in [1.54, 1.807) is 0 Å². The molecule has 2 aliphatic carbocycles. The third-order valence-electron chi connectivity index (χ3n) is 4.03. The van der Waals surface area contributed by atoms with E-state index >= 15 is 0 Å². The van der Waals surface area contributed by atoms with Crippen LogP contribution in [-0.4, -0.2) is 11.6 Å². The highest BCUT2D eigenvalue weighted by Crippen LogP contribution is 2.24. The molecule has 2 heteroatoms. The summed E-state index contributed by atoms with van der Waals surface area (Å²) in [5.74, 6) is 0.0685. The molecule has 0 radical (unpaired) electrons. The lowest BCUT2D eigenvalue weighted by atomic mass is 9.88. The number of fused-ring (bicyclic) bond motifs is 4. The maximum absolute atomic E-state index is 12.3. The van der Waals surface area contributed by atoms with Crippen molar-refractivity contribution in [3.63, 3.8) is 0 Å². The fourth-order valence-corrected chi connectivity index (χ4v) is 3.00. The summed E-state index contributed by atoms with van der Waals surface area (Å²) in [5, 5.41) is 0. The monoisotopic (exact) mass is 266 g/mol. The van der Waals surface area contributed by atoms with Gasteiger partial charge in [0, 0.05) is 11.1 Å². The molecule has 0 saturated heterocycles. The molecule has 0 fully saturated rings. The van der Waals surface area contributed by atoms with Crippen LogP contribution < -0.4 is 0 Å². The Hall–Kier alpha value is -1.96. The maximum Gasteiger partial charge on any atom is 0.185 e. The zero-order valence-electron chi connectivity index (χ0n) is 11.5. The van der Waals surface area contributed by atoms with Crippen molar-refractivity contribution in [2.45, 2.75) is 38.5 Å². The number of carbonyl (C=O) groups is 2. The Kier molecular flexibility index (Phi) is 3.64. The minimum atomic E-state index is -0.0230. The quantitative estimate of drug-likeness (QED) is 0.675. The molecule has 0 saturated carbocycles. The Bertz CT molecular complexity index is 573. The molecule has 3 rings (SSSR count). The van der Waals surface area contributed by atoms with Crippen molar-refractivity contribution in [1.82, 2.24) is 0 Å². The van der Waals surface area contributed by atoms with E-state index in [1.165, 1.54) is 23.3 Å². The van der Waals surface area contributed by atoms with Crippen molar-refractivity contribution in [2.75, 3.05) is 0 Å². The van der Waals surface area contributed by atoms with Gasteiger partial charge < -0.3 is 0 Å². The molecule has 1 aromatic rings.